The van der Waals surface area contributed by atoms with Gasteiger partial charge in [-0.1, -0.05) is 0 Å². The van der Waals surface area contributed by atoms with E-state index in [1.165, 1.54) is 16.7 Å². The summed E-state index contributed by atoms with van der Waals surface area (Å²) < 4.78 is 7.29. The third kappa shape index (κ3) is 3.93. The molecule has 0 aliphatic heterocycles. The van der Waals surface area contributed by atoms with Gasteiger partial charge in [-0.3, -0.25) is 4.79 Å². The first-order valence-electron chi connectivity index (χ1n) is 10.2. The molecule has 0 saturated heterocycles. The van der Waals surface area contributed by atoms with Gasteiger partial charge in [0.25, 0.3) is 5.91 Å². The van der Waals surface area contributed by atoms with Crippen LogP contribution in [0.5, 0.6) is 0 Å². The van der Waals surface area contributed by atoms with E-state index < -0.39 is 5.91 Å². The van der Waals surface area contributed by atoms with Gasteiger partial charge in [0.05, 0.1) is 18.4 Å². The number of nitriles is 2. The summed E-state index contributed by atoms with van der Waals surface area (Å²) >= 11 is 1.68. The van der Waals surface area contributed by atoms with Gasteiger partial charge in [-0.25, -0.2) is 0 Å². The summed E-state index contributed by atoms with van der Waals surface area (Å²) in [6.07, 6.45) is 7.40. The molecule has 0 fully saturated rings. The molecule has 0 unspecified atom stereocenters. The molecule has 1 aliphatic rings. The zero-order chi connectivity index (χ0) is 22.0. The Kier molecular flexibility index (Phi) is 5.79. The molecule has 7 heteroatoms. The lowest BCUT2D eigenvalue weighted by Gasteiger charge is -2.10. The van der Waals surface area contributed by atoms with Crippen LogP contribution in [0.1, 0.15) is 51.6 Å². The van der Waals surface area contributed by atoms with Gasteiger partial charge < -0.3 is 14.3 Å². The molecule has 0 bridgehead atoms. The van der Waals surface area contributed by atoms with Crippen molar-refractivity contribution in [2.75, 3.05) is 0 Å². The third-order valence-corrected chi connectivity index (χ3v) is 6.88. The van der Waals surface area contributed by atoms with Gasteiger partial charge in [0.2, 0.25) is 0 Å². The second-order valence-corrected chi connectivity index (χ2v) is 8.68. The van der Waals surface area contributed by atoms with Crippen LogP contribution in [0.3, 0.4) is 0 Å². The highest BCUT2D eigenvalue weighted by atomic mass is 32.1. The van der Waals surface area contributed by atoms with Crippen LogP contribution in [0.25, 0.3) is 11.1 Å². The minimum Gasteiger partial charge on any atom is -0.467 e. The van der Waals surface area contributed by atoms with Crippen LogP contribution < -0.4 is 5.32 Å². The molecule has 0 radical (unpaired) electrons. The molecule has 0 saturated carbocycles. The molecule has 4 rings (SSSR count). The number of hydrogen-bond acceptors (Lipinski definition) is 5. The largest absolute Gasteiger partial charge is 0.467 e. The number of nitrogens with zero attached hydrogens (tertiary/aromatic N) is 3. The van der Waals surface area contributed by atoms with Crippen LogP contribution in [0.15, 0.2) is 34.5 Å². The zero-order valence-electron chi connectivity index (χ0n) is 17.5. The topological polar surface area (TPSA) is 94.8 Å². The summed E-state index contributed by atoms with van der Waals surface area (Å²) in [6, 6.07) is 9.87. The van der Waals surface area contributed by atoms with Gasteiger partial charge in [-0.2, -0.15) is 10.5 Å². The van der Waals surface area contributed by atoms with E-state index in [0.29, 0.717) is 5.76 Å². The predicted molar refractivity (Wildman–Crippen MR) is 119 cm³/mol. The molecule has 3 aromatic rings. The van der Waals surface area contributed by atoms with Crippen LogP contribution in [-0.4, -0.2) is 10.5 Å². The third-order valence-electron chi connectivity index (χ3n) is 5.61. The van der Waals surface area contributed by atoms with E-state index in [-0.39, 0.29) is 12.1 Å². The van der Waals surface area contributed by atoms with E-state index in [2.05, 4.69) is 16.0 Å². The number of aromatic nitrogens is 1. The molecule has 1 aliphatic carbocycles. The number of hydrogen-bond donors (Lipinski definition) is 1. The van der Waals surface area contributed by atoms with E-state index in [0.717, 1.165) is 53.2 Å². The number of amides is 1. The number of carbonyl (C=O) groups is 1. The molecule has 0 spiro atoms. The van der Waals surface area contributed by atoms with Gasteiger partial charge >= 0.3 is 0 Å². The van der Waals surface area contributed by atoms with Crippen LogP contribution >= 0.6 is 11.3 Å². The van der Waals surface area contributed by atoms with Gasteiger partial charge in [-0.05, 0) is 74.9 Å². The Bertz CT molecular complexity index is 1250. The molecular weight excluding hydrogens is 408 g/mol. The highest BCUT2D eigenvalue weighted by molar-refractivity contribution is 7.15. The lowest BCUT2D eigenvalue weighted by Crippen LogP contribution is -2.23. The molecule has 156 valence electrons. The number of nitrogens with one attached hydrogen (secondary N) is 1. The number of thiophene rings is 1. The molecular formula is C24H22N4O2S. The highest BCUT2D eigenvalue weighted by Gasteiger charge is 2.24. The van der Waals surface area contributed by atoms with E-state index in [4.69, 9.17) is 4.42 Å². The second-order valence-electron chi connectivity index (χ2n) is 7.60. The lowest BCUT2D eigenvalue weighted by atomic mass is 9.96. The Morgan fingerprint density at radius 3 is 2.84 bits per heavy atom. The first-order valence-corrected chi connectivity index (χ1v) is 11.0. The van der Waals surface area contributed by atoms with E-state index in [9.17, 15) is 15.3 Å². The van der Waals surface area contributed by atoms with Gasteiger partial charge in [0.1, 0.15) is 28.5 Å². The van der Waals surface area contributed by atoms with Crippen molar-refractivity contribution in [1.82, 2.24) is 9.88 Å². The number of fused-ring (bicyclic) bond motifs is 1. The average molecular weight is 431 g/mol. The fourth-order valence-corrected chi connectivity index (χ4v) is 5.50. The number of aryl methyl sites for hydroxylation is 2. The molecule has 1 amide bonds. The summed E-state index contributed by atoms with van der Waals surface area (Å²) in [5.74, 6) is 0.169. The van der Waals surface area contributed by atoms with Crippen molar-refractivity contribution in [3.8, 4) is 17.1 Å². The van der Waals surface area contributed by atoms with Crippen molar-refractivity contribution in [3.05, 3.63) is 68.8 Å². The van der Waals surface area contributed by atoms with Crippen molar-refractivity contribution in [3.63, 3.8) is 0 Å². The molecule has 6 nitrogen and oxygen atoms in total. The summed E-state index contributed by atoms with van der Waals surface area (Å²) in [4.78, 5) is 13.8. The first-order chi connectivity index (χ1) is 15.0. The number of furan rings is 1. The van der Waals surface area contributed by atoms with Crippen LogP contribution in [0.4, 0.5) is 0 Å². The zero-order valence-corrected chi connectivity index (χ0v) is 18.3. The van der Waals surface area contributed by atoms with E-state index >= 15 is 0 Å². The van der Waals surface area contributed by atoms with Gasteiger partial charge in [-0.15, -0.1) is 11.3 Å². The SMILES string of the molecule is Cc1cc(/C=C(\C#N)C(=O)NCc2ccco2)c(C)n1-c1sc2c(c1C#N)CCCC2. The van der Waals surface area contributed by atoms with E-state index in [1.807, 2.05) is 26.0 Å². The molecule has 0 aromatic carbocycles. The fourth-order valence-electron chi connectivity index (χ4n) is 4.05. The molecule has 3 heterocycles. The summed E-state index contributed by atoms with van der Waals surface area (Å²) in [6.45, 7) is 4.15. The smallest absolute Gasteiger partial charge is 0.262 e. The second kappa shape index (κ2) is 8.67. The maximum Gasteiger partial charge on any atom is 0.262 e. The maximum absolute atomic E-state index is 12.5. The first kappa shape index (κ1) is 20.7. The Morgan fingerprint density at radius 1 is 1.32 bits per heavy atom. The quantitative estimate of drug-likeness (QED) is 0.468. The van der Waals surface area contributed by atoms with E-state index in [1.54, 1.807) is 29.5 Å². The number of carbonyl (C=O) groups excluding carboxylic acids is 1. The maximum atomic E-state index is 12.5. The van der Waals surface area contributed by atoms with Crippen LogP contribution in [-0.2, 0) is 24.2 Å². The van der Waals surface area contributed by atoms with Gasteiger partial charge in [0, 0.05) is 16.3 Å². The van der Waals surface area contributed by atoms with Crippen molar-refractivity contribution in [2.45, 2.75) is 46.1 Å². The molecule has 3 aromatic heterocycles. The minimum atomic E-state index is -0.451. The lowest BCUT2D eigenvalue weighted by molar-refractivity contribution is -0.117. The van der Waals surface area contributed by atoms with Gasteiger partial charge in [0.15, 0.2) is 0 Å². The van der Waals surface area contributed by atoms with Crippen molar-refractivity contribution >= 4 is 23.3 Å². The summed E-state index contributed by atoms with van der Waals surface area (Å²) in [5.41, 5.74) is 4.63. The van der Waals surface area contributed by atoms with Crippen molar-refractivity contribution < 1.29 is 9.21 Å². The summed E-state index contributed by atoms with van der Waals surface area (Å²) in [7, 11) is 0. The Labute approximate surface area is 185 Å². The van der Waals surface area contributed by atoms with Crippen LogP contribution in [0.2, 0.25) is 0 Å². The Hall–Kier alpha value is -3.55. The molecule has 31 heavy (non-hydrogen) atoms. The molecule has 0 atom stereocenters. The standard InChI is InChI=1S/C24H22N4O2S/c1-15-10-17(11-18(12-25)23(29)27-14-19-6-5-9-30-19)16(2)28(15)24-21(13-26)20-7-3-4-8-22(20)31-24/h5-6,9-11H,3-4,7-8,14H2,1-2H3,(H,27,29)/b18-11+. The van der Waals surface area contributed by atoms with Crippen molar-refractivity contribution in [1.29, 1.82) is 10.5 Å². The van der Waals surface area contributed by atoms with Crippen LogP contribution in [0, 0.1) is 36.5 Å². The Balaban J connectivity index is 1.67. The van der Waals surface area contributed by atoms with Crippen molar-refractivity contribution in [2.24, 2.45) is 0 Å². The highest BCUT2D eigenvalue weighted by Crippen LogP contribution is 2.38. The number of rotatable bonds is 5. The fraction of sp³-hybridized carbons (Fsp3) is 0.292. The normalized spacial score (nSPS) is 13.4. The monoisotopic (exact) mass is 430 g/mol. The average Bonchev–Trinajstić information content (AvgIpc) is 3.48. The predicted octanol–water partition coefficient (Wildman–Crippen LogP) is 4.72. The Morgan fingerprint density at radius 2 is 2.13 bits per heavy atom. The summed E-state index contributed by atoms with van der Waals surface area (Å²) in [5, 5.41) is 23.0. The minimum absolute atomic E-state index is 0.0257. The molecule has 1 N–H and O–H groups in total.